The molecule has 66 valence electrons. The molecule has 0 N–H and O–H groups in total. The summed E-state index contributed by atoms with van der Waals surface area (Å²) in [5.41, 5.74) is 0.885. The first kappa shape index (κ1) is 9.55. The van der Waals surface area contributed by atoms with Gasteiger partial charge in [0.2, 0.25) is 0 Å². The van der Waals surface area contributed by atoms with Crippen LogP contribution in [-0.4, -0.2) is 4.92 Å². The fourth-order valence-electron chi connectivity index (χ4n) is 0.954. The third kappa shape index (κ3) is 1.63. The Morgan fingerprint density at radius 1 is 1.62 bits per heavy atom. The number of rotatable bonds is 1. The fourth-order valence-corrected chi connectivity index (χ4v) is 1.23. The van der Waals surface area contributed by atoms with Gasteiger partial charge in [0.25, 0.3) is 5.69 Å². The summed E-state index contributed by atoms with van der Waals surface area (Å²) in [5, 5.41) is 19.1. The first-order valence-electron chi connectivity index (χ1n) is 3.45. The van der Waals surface area contributed by atoms with Crippen LogP contribution in [0, 0.1) is 28.4 Å². The normalized spacial score (nSPS) is 9.31. The van der Waals surface area contributed by atoms with E-state index >= 15 is 0 Å². The molecule has 0 spiro atoms. The van der Waals surface area contributed by atoms with Gasteiger partial charge in [0.15, 0.2) is 0 Å². The maximum absolute atomic E-state index is 10.4. The van der Waals surface area contributed by atoms with Gasteiger partial charge >= 0.3 is 0 Å². The molecule has 0 unspecified atom stereocenters. The van der Waals surface area contributed by atoms with Crippen LogP contribution >= 0.6 is 12.6 Å². The van der Waals surface area contributed by atoms with Gasteiger partial charge in [0, 0.05) is 6.07 Å². The zero-order valence-electron chi connectivity index (χ0n) is 6.81. The Labute approximate surface area is 80.4 Å². The molecule has 0 saturated heterocycles. The summed E-state index contributed by atoms with van der Waals surface area (Å²) in [6, 6.07) is 4.64. The van der Waals surface area contributed by atoms with Crippen molar-refractivity contribution < 1.29 is 4.92 Å². The lowest BCUT2D eigenvalue weighted by atomic mass is 10.1. The number of thiol groups is 1. The zero-order valence-corrected chi connectivity index (χ0v) is 7.71. The molecule has 5 heteroatoms. The van der Waals surface area contributed by atoms with E-state index in [0.29, 0.717) is 11.1 Å². The minimum Gasteiger partial charge on any atom is -0.258 e. The maximum Gasteiger partial charge on any atom is 0.282 e. The molecule has 1 rings (SSSR count). The van der Waals surface area contributed by atoms with Crippen LogP contribution in [0.1, 0.15) is 11.1 Å². The van der Waals surface area contributed by atoms with Gasteiger partial charge in [0.05, 0.1) is 21.5 Å². The topological polar surface area (TPSA) is 66.9 Å². The molecular weight excluding hydrogens is 188 g/mol. The van der Waals surface area contributed by atoms with E-state index in [-0.39, 0.29) is 10.6 Å². The van der Waals surface area contributed by atoms with Gasteiger partial charge in [-0.2, -0.15) is 5.26 Å². The molecule has 4 nitrogen and oxygen atoms in total. The van der Waals surface area contributed by atoms with Crippen LogP contribution in [0.25, 0.3) is 0 Å². The van der Waals surface area contributed by atoms with Gasteiger partial charge < -0.3 is 0 Å². The predicted octanol–water partition coefficient (Wildman–Crippen LogP) is 2.06. The fraction of sp³-hybridized carbons (Fsp3) is 0.125. The van der Waals surface area contributed by atoms with Crippen LogP contribution in [0.15, 0.2) is 17.0 Å². The lowest BCUT2D eigenvalue weighted by Gasteiger charge is -2.01. The molecule has 0 bridgehead atoms. The Bertz CT molecular complexity index is 409. The number of hydrogen-bond donors (Lipinski definition) is 1. The van der Waals surface area contributed by atoms with Crippen LogP contribution in [-0.2, 0) is 0 Å². The van der Waals surface area contributed by atoms with Crippen molar-refractivity contribution in [3.8, 4) is 6.07 Å². The van der Waals surface area contributed by atoms with Crippen LogP contribution in [0.3, 0.4) is 0 Å². The van der Waals surface area contributed by atoms with Crippen molar-refractivity contribution >= 4 is 18.3 Å². The average molecular weight is 194 g/mol. The summed E-state index contributed by atoms with van der Waals surface area (Å²) in [6.07, 6.45) is 0. The number of nitro groups is 1. The molecule has 0 saturated carbocycles. The van der Waals surface area contributed by atoms with Crippen molar-refractivity contribution in [2.45, 2.75) is 11.8 Å². The Hall–Kier alpha value is -1.54. The number of benzene rings is 1. The summed E-state index contributed by atoms with van der Waals surface area (Å²) in [5.74, 6) is 0. The third-order valence-electron chi connectivity index (χ3n) is 1.73. The number of hydrogen-bond acceptors (Lipinski definition) is 4. The summed E-state index contributed by atoms with van der Waals surface area (Å²) >= 11 is 3.98. The maximum atomic E-state index is 10.4. The molecular formula is C8H6N2O2S. The van der Waals surface area contributed by atoms with Crippen molar-refractivity contribution in [2.24, 2.45) is 0 Å². The number of nitriles is 1. The van der Waals surface area contributed by atoms with Crippen molar-refractivity contribution in [3.05, 3.63) is 33.4 Å². The zero-order chi connectivity index (χ0) is 10.0. The molecule has 1 aromatic rings. The van der Waals surface area contributed by atoms with Crippen molar-refractivity contribution in [2.75, 3.05) is 0 Å². The molecule has 13 heavy (non-hydrogen) atoms. The Morgan fingerprint density at radius 3 is 2.69 bits per heavy atom. The van der Waals surface area contributed by atoms with Crippen molar-refractivity contribution in [1.82, 2.24) is 0 Å². The van der Waals surface area contributed by atoms with Gasteiger partial charge in [-0.3, -0.25) is 10.1 Å². The van der Waals surface area contributed by atoms with E-state index < -0.39 is 4.92 Å². The summed E-state index contributed by atoms with van der Waals surface area (Å²) in [6.45, 7) is 1.63. The largest absolute Gasteiger partial charge is 0.282 e. The second kappa shape index (κ2) is 3.46. The lowest BCUT2D eigenvalue weighted by molar-refractivity contribution is -0.387. The molecule has 0 aliphatic carbocycles. The van der Waals surface area contributed by atoms with Gasteiger partial charge in [-0.25, -0.2) is 0 Å². The minimum atomic E-state index is -0.517. The predicted molar refractivity (Wildman–Crippen MR) is 49.8 cm³/mol. The molecule has 0 atom stereocenters. The Morgan fingerprint density at radius 2 is 2.23 bits per heavy atom. The van der Waals surface area contributed by atoms with Crippen LogP contribution in [0.4, 0.5) is 5.69 Å². The second-order valence-electron chi connectivity index (χ2n) is 2.47. The average Bonchev–Trinajstić information content (AvgIpc) is 2.09. The molecule has 0 heterocycles. The van der Waals surface area contributed by atoms with Crippen LogP contribution in [0.2, 0.25) is 0 Å². The van der Waals surface area contributed by atoms with E-state index in [0.717, 1.165) is 0 Å². The summed E-state index contributed by atoms with van der Waals surface area (Å²) < 4.78 is 0. The minimum absolute atomic E-state index is 0.0696. The van der Waals surface area contributed by atoms with Crippen LogP contribution < -0.4 is 0 Å². The van der Waals surface area contributed by atoms with E-state index in [4.69, 9.17) is 5.26 Å². The smallest absolute Gasteiger partial charge is 0.258 e. The molecule has 0 aliphatic rings. The molecule has 0 fully saturated rings. The lowest BCUT2D eigenvalue weighted by Crippen LogP contribution is -1.93. The van der Waals surface area contributed by atoms with E-state index in [9.17, 15) is 10.1 Å². The van der Waals surface area contributed by atoms with Gasteiger partial charge in [-0.05, 0) is 18.6 Å². The molecule has 0 aliphatic heterocycles. The van der Waals surface area contributed by atoms with Crippen LogP contribution in [0.5, 0.6) is 0 Å². The highest BCUT2D eigenvalue weighted by Crippen LogP contribution is 2.27. The van der Waals surface area contributed by atoms with Gasteiger partial charge in [0.1, 0.15) is 0 Å². The summed E-state index contributed by atoms with van der Waals surface area (Å²) in [7, 11) is 0. The SMILES string of the molecule is Cc1c(C#N)ccc([N+](=O)[O-])c1S. The third-order valence-corrected chi connectivity index (χ3v) is 2.29. The number of nitro benzene ring substituents is 1. The van der Waals surface area contributed by atoms with E-state index in [1.165, 1.54) is 12.1 Å². The molecule has 0 amide bonds. The monoisotopic (exact) mass is 194 g/mol. The molecule has 0 aromatic heterocycles. The number of nitrogens with zero attached hydrogens (tertiary/aromatic N) is 2. The highest BCUT2D eigenvalue weighted by atomic mass is 32.1. The van der Waals surface area contributed by atoms with Crippen molar-refractivity contribution in [1.29, 1.82) is 5.26 Å². The van der Waals surface area contributed by atoms with Gasteiger partial charge in [-0.15, -0.1) is 12.6 Å². The Balaban J connectivity index is 3.42. The highest BCUT2D eigenvalue weighted by molar-refractivity contribution is 7.80. The quantitative estimate of drug-likeness (QED) is 0.422. The van der Waals surface area contributed by atoms with Gasteiger partial charge in [-0.1, -0.05) is 0 Å². The summed E-state index contributed by atoms with van der Waals surface area (Å²) in [4.78, 5) is 10.2. The van der Waals surface area contributed by atoms with E-state index in [1.54, 1.807) is 6.92 Å². The second-order valence-corrected chi connectivity index (χ2v) is 2.92. The van der Waals surface area contributed by atoms with E-state index in [1.807, 2.05) is 6.07 Å². The Kier molecular flexibility index (Phi) is 2.54. The highest BCUT2D eigenvalue weighted by Gasteiger charge is 2.14. The van der Waals surface area contributed by atoms with Crippen molar-refractivity contribution in [3.63, 3.8) is 0 Å². The molecule has 1 aromatic carbocycles. The van der Waals surface area contributed by atoms with E-state index in [2.05, 4.69) is 12.6 Å². The standard InChI is InChI=1S/C8H6N2O2S/c1-5-6(4-9)2-3-7(8(5)13)10(11)12/h2-3,13H,1H3. The first-order chi connectivity index (χ1) is 6.07. The molecule has 0 radical (unpaired) electrons. The first-order valence-corrected chi connectivity index (χ1v) is 3.89.